The molecule has 0 spiro atoms. The molecule has 1 aromatic heterocycles. The van der Waals surface area contributed by atoms with E-state index in [2.05, 4.69) is 17.3 Å². The van der Waals surface area contributed by atoms with Gasteiger partial charge in [0.1, 0.15) is 12.4 Å². The molecule has 7 nitrogen and oxygen atoms in total. The zero-order valence-electron chi connectivity index (χ0n) is 11.6. The van der Waals surface area contributed by atoms with Crippen LogP contribution in [0.15, 0.2) is 12.4 Å². The van der Waals surface area contributed by atoms with Crippen LogP contribution in [0.25, 0.3) is 0 Å². The molecule has 2 atom stereocenters. The number of aromatic nitrogens is 2. The Labute approximate surface area is 117 Å². The van der Waals surface area contributed by atoms with Crippen molar-refractivity contribution >= 4 is 11.6 Å². The zero-order valence-corrected chi connectivity index (χ0v) is 11.6. The van der Waals surface area contributed by atoms with Crippen LogP contribution in [0, 0.1) is 16.0 Å². The Morgan fingerprint density at radius 2 is 2.40 bits per heavy atom. The molecule has 20 heavy (non-hydrogen) atoms. The summed E-state index contributed by atoms with van der Waals surface area (Å²) in [6.07, 6.45) is 7.32. The largest absolute Gasteiger partial charge is 0.353 e. The van der Waals surface area contributed by atoms with E-state index in [9.17, 15) is 14.9 Å². The standard InChI is InChI=1S/C13H20N4O3/c1-10-3-2-4-11(7-10)15-13(18)5-6-16-9-12(8-14-16)17(19)20/h8-11H,2-7H2,1H3,(H,15,18). The summed E-state index contributed by atoms with van der Waals surface area (Å²) >= 11 is 0. The molecule has 1 heterocycles. The third-order valence-corrected chi connectivity index (χ3v) is 3.70. The second-order valence-electron chi connectivity index (χ2n) is 5.50. The summed E-state index contributed by atoms with van der Waals surface area (Å²) in [7, 11) is 0. The van der Waals surface area contributed by atoms with Crippen molar-refractivity contribution in [3.8, 4) is 0 Å². The van der Waals surface area contributed by atoms with Crippen molar-refractivity contribution < 1.29 is 9.72 Å². The SMILES string of the molecule is CC1CCCC(NC(=O)CCn2cc([N+](=O)[O-])cn2)C1. The zero-order chi connectivity index (χ0) is 14.5. The van der Waals surface area contributed by atoms with Gasteiger partial charge in [-0.2, -0.15) is 5.10 Å². The third kappa shape index (κ3) is 4.04. The lowest BCUT2D eigenvalue weighted by atomic mass is 9.87. The fourth-order valence-electron chi connectivity index (χ4n) is 2.65. The van der Waals surface area contributed by atoms with Gasteiger partial charge in [0, 0.05) is 19.0 Å². The molecular formula is C13H20N4O3. The van der Waals surface area contributed by atoms with Crippen molar-refractivity contribution in [2.24, 2.45) is 5.92 Å². The number of carbonyl (C=O) groups is 1. The van der Waals surface area contributed by atoms with Gasteiger partial charge in [-0.25, -0.2) is 0 Å². The van der Waals surface area contributed by atoms with Crippen LogP contribution in [-0.2, 0) is 11.3 Å². The van der Waals surface area contributed by atoms with Gasteiger partial charge in [-0.15, -0.1) is 0 Å². The van der Waals surface area contributed by atoms with Crippen molar-refractivity contribution in [1.82, 2.24) is 15.1 Å². The molecule has 2 rings (SSSR count). The van der Waals surface area contributed by atoms with Crippen molar-refractivity contribution in [2.45, 2.75) is 51.6 Å². The van der Waals surface area contributed by atoms with Gasteiger partial charge in [0.15, 0.2) is 0 Å². The molecule has 1 N–H and O–H groups in total. The van der Waals surface area contributed by atoms with E-state index in [-0.39, 0.29) is 17.6 Å². The fraction of sp³-hybridized carbons (Fsp3) is 0.692. The average molecular weight is 280 g/mol. The van der Waals surface area contributed by atoms with E-state index in [4.69, 9.17) is 0 Å². The lowest BCUT2D eigenvalue weighted by molar-refractivity contribution is -0.385. The van der Waals surface area contributed by atoms with Gasteiger partial charge in [-0.3, -0.25) is 19.6 Å². The van der Waals surface area contributed by atoms with E-state index >= 15 is 0 Å². The van der Waals surface area contributed by atoms with Gasteiger partial charge in [0.05, 0.1) is 4.92 Å². The van der Waals surface area contributed by atoms with E-state index in [1.54, 1.807) is 0 Å². The van der Waals surface area contributed by atoms with E-state index in [0.29, 0.717) is 18.9 Å². The van der Waals surface area contributed by atoms with Crippen molar-refractivity contribution in [1.29, 1.82) is 0 Å². The number of nitrogens with zero attached hydrogens (tertiary/aromatic N) is 3. The van der Waals surface area contributed by atoms with Crippen molar-refractivity contribution in [2.75, 3.05) is 0 Å². The van der Waals surface area contributed by atoms with Crippen molar-refractivity contribution in [3.05, 3.63) is 22.5 Å². The fourth-order valence-corrected chi connectivity index (χ4v) is 2.65. The highest BCUT2D eigenvalue weighted by Crippen LogP contribution is 2.23. The Morgan fingerprint density at radius 3 is 3.05 bits per heavy atom. The highest BCUT2D eigenvalue weighted by molar-refractivity contribution is 5.76. The van der Waals surface area contributed by atoms with Crippen LogP contribution in [0.2, 0.25) is 0 Å². The molecule has 1 aliphatic carbocycles. The number of hydrogen-bond acceptors (Lipinski definition) is 4. The van der Waals surface area contributed by atoms with Crippen LogP contribution in [-0.4, -0.2) is 26.7 Å². The number of aryl methyl sites for hydroxylation is 1. The van der Waals surface area contributed by atoms with Gasteiger partial charge in [-0.05, 0) is 18.8 Å². The summed E-state index contributed by atoms with van der Waals surface area (Å²) in [4.78, 5) is 21.9. The van der Waals surface area contributed by atoms with Crippen LogP contribution < -0.4 is 5.32 Å². The van der Waals surface area contributed by atoms with Gasteiger partial charge in [0.25, 0.3) is 0 Å². The Kier molecular flexibility index (Phi) is 4.70. The van der Waals surface area contributed by atoms with Crippen LogP contribution in [0.4, 0.5) is 5.69 Å². The summed E-state index contributed by atoms with van der Waals surface area (Å²) in [5.41, 5.74) is -0.0495. The van der Waals surface area contributed by atoms with Gasteiger partial charge < -0.3 is 5.32 Å². The van der Waals surface area contributed by atoms with Crippen LogP contribution in [0.1, 0.15) is 39.0 Å². The monoisotopic (exact) mass is 280 g/mol. The molecule has 0 bridgehead atoms. The van der Waals surface area contributed by atoms with Gasteiger partial charge >= 0.3 is 5.69 Å². The Morgan fingerprint density at radius 1 is 1.60 bits per heavy atom. The molecule has 1 fully saturated rings. The second-order valence-corrected chi connectivity index (χ2v) is 5.50. The summed E-state index contributed by atoms with van der Waals surface area (Å²) in [5, 5.41) is 17.4. The van der Waals surface area contributed by atoms with E-state index in [0.717, 1.165) is 19.3 Å². The molecule has 1 saturated carbocycles. The number of nitro groups is 1. The maximum absolute atomic E-state index is 11.8. The van der Waals surface area contributed by atoms with E-state index in [1.807, 2.05) is 0 Å². The Balaban J connectivity index is 1.75. The lowest BCUT2D eigenvalue weighted by Crippen LogP contribution is -2.38. The number of hydrogen-bond donors (Lipinski definition) is 1. The first-order valence-corrected chi connectivity index (χ1v) is 7.01. The average Bonchev–Trinajstić information content (AvgIpc) is 2.85. The first kappa shape index (κ1) is 14.5. The highest BCUT2D eigenvalue weighted by Gasteiger charge is 2.20. The second kappa shape index (κ2) is 6.49. The minimum atomic E-state index is -0.493. The Bertz CT molecular complexity index is 486. The molecule has 2 unspecified atom stereocenters. The predicted molar refractivity (Wildman–Crippen MR) is 73.1 cm³/mol. The van der Waals surface area contributed by atoms with Crippen LogP contribution >= 0.6 is 0 Å². The summed E-state index contributed by atoms with van der Waals surface area (Å²) in [6, 6.07) is 0.276. The maximum Gasteiger partial charge on any atom is 0.306 e. The molecule has 0 aliphatic heterocycles. The quantitative estimate of drug-likeness (QED) is 0.658. The molecule has 7 heteroatoms. The van der Waals surface area contributed by atoms with E-state index in [1.165, 1.54) is 23.5 Å². The topological polar surface area (TPSA) is 90.1 Å². The van der Waals surface area contributed by atoms with Crippen molar-refractivity contribution in [3.63, 3.8) is 0 Å². The molecule has 0 radical (unpaired) electrons. The molecule has 1 aliphatic rings. The maximum atomic E-state index is 11.8. The predicted octanol–water partition coefficient (Wildman–Crippen LogP) is 1.88. The molecule has 0 saturated heterocycles. The first-order chi connectivity index (χ1) is 9.54. The smallest absolute Gasteiger partial charge is 0.306 e. The molecule has 1 aromatic rings. The number of carbonyl (C=O) groups excluding carboxylic acids is 1. The Hall–Kier alpha value is -1.92. The van der Waals surface area contributed by atoms with Crippen LogP contribution in [0.3, 0.4) is 0 Å². The third-order valence-electron chi connectivity index (χ3n) is 3.70. The summed E-state index contributed by atoms with van der Waals surface area (Å²) < 4.78 is 1.43. The molecule has 0 aromatic carbocycles. The minimum absolute atomic E-state index is 0.0118. The summed E-state index contributed by atoms with van der Waals surface area (Å²) in [6.45, 7) is 2.57. The summed E-state index contributed by atoms with van der Waals surface area (Å²) in [5.74, 6) is 0.657. The first-order valence-electron chi connectivity index (χ1n) is 7.01. The lowest BCUT2D eigenvalue weighted by Gasteiger charge is -2.27. The number of amides is 1. The molecule has 110 valence electrons. The molecular weight excluding hydrogens is 260 g/mol. The molecule has 1 amide bonds. The highest BCUT2D eigenvalue weighted by atomic mass is 16.6. The number of rotatable bonds is 5. The minimum Gasteiger partial charge on any atom is -0.353 e. The van der Waals surface area contributed by atoms with E-state index < -0.39 is 4.92 Å². The van der Waals surface area contributed by atoms with Gasteiger partial charge in [-0.1, -0.05) is 19.8 Å². The normalized spacial score (nSPS) is 22.4. The van der Waals surface area contributed by atoms with Crippen LogP contribution in [0.5, 0.6) is 0 Å². The van der Waals surface area contributed by atoms with Gasteiger partial charge in [0.2, 0.25) is 5.91 Å². The number of nitrogens with one attached hydrogen (secondary N) is 1.